The van der Waals surface area contributed by atoms with Crippen LogP contribution in [0.2, 0.25) is 0 Å². The fraction of sp³-hybridized carbons (Fsp3) is 0.650. The molecule has 1 unspecified atom stereocenters. The Morgan fingerprint density at radius 1 is 1.27 bits per heavy atom. The second kappa shape index (κ2) is 7.30. The number of benzene rings is 1. The lowest BCUT2D eigenvalue weighted by molar-refractivity contribution is -0.107. The van der Waals surface area contributed by atoms with E-state index in [0.29, 0.717) is 12.0 Å². The number of rotatable bonds is 7. The lowest BCUT2D eigenvalue weighted by Crippen LogP contribution is -2.34. The Kier molecular flexibility index (Phi) is 5.66. The summed E-state index contributed by atoms with van der Waals surface area (Å²) in [6.45, 7) is 9.20. The van der Waals surface area contributed by atoms with Gasteiger partial charge >= 0.3 is 0 Å². The number of anilines is 1. The summed E-state index contributed by atoms with van der Waals surface area (Å²) in [6.07, 6.45) is 8.16. The highest BCUT2D eigenvalue weighted by atomic mass is 16.1. The molecule has 0 aliphatic heterocycles. The first kappa shape index (κ1) is 17.1. The van der Waals surface area contributed by atoms with Gasteiger partial charge in [-0.15, -0.1) is 0 Å². The predicted octanol–water partition coefficient (Wildman–Crippen LogP) is 5.31. The van der Waals surface area contributed by atoms with Crippen LogP contribution in [0.25, 0.3) is 0 Å². The van der Waals surface area contributed by atoms with Crippen LogP contribution in [0.3, 0.4) is 0 Å². The number of hydrogen-bond acceptors (Lipinski definition) is 1. The Balaban J connectivity index is 2.34. The van der Waals surface area contributed by atoms with Gasteiger partial charge in [-0.3, -0.25) is 4.79 Å². The molecule has 2 nitrogen and oxygen atoms in total. The third-order valence-corrected chi connectivity index (χ3v) is 5.30. The van der Waals surface area contributed by atoms with Crippen LogP contribution in [0.1, 0.15) is 71.8 Å². The number of carbonyl (C=O) groups excluding carboxylic acids is 1. The van der Waals surface area contributed by atoms with Gasteiger partial charge in [0.15, 0.2) is 0 Å². The summed E-state index contributed by atoms with van der Waals surface area (Å²) in [5.74, 6) is 0.694. The normalized spacial score (nSPS) is 17.5. The van der Waals surface area contributed by atoms with Crippen LogP contribution < -0.4 is 4.90 Å². The van der Waals surface area contributed by atoms with Crippen LogP contribution in [0, 0.1) is 5.92 Å². The molecular formula is C20H31NO. The number of amides is 1. The van der Waals surface area contributed by atoms with Crippen molar-refractivity contribution in [2.75, 3.05) is 4.90 Å². The molecule has 2 heteroatoms. The minimum Gasteiger partial charge on any atom is -0.312 e. The van der Waals surface area contributed by atoms with E-state index in [-0.39, 0.29) is 5.41 Å². The standard InChI is InChI=1S/C20H31NO/c1-5-16(2)14-20(3,4)18-12-8-9-13-19(18)21(15-22)17-10-6-7-11-17/h8-9,12-13,15-17H,5-7,10-11,14H2,1-4H3. The van der Waals surface area contributed by atoms with Crippen molar-refractivity contribution in [3.8, 4) is 0 Å². The van der Waals surface area contributed by atoms with E-state index in [9.17, 15) is 4.79 Å². The van der Waals surface area contributed by atoms with Gasteiger partial charge in [0.1, 0.15) is 0 Å². The fourth-order valence-corrected chi connectivity index (χ4v) is 3.92. The average Bonchev–Trinajstić information content (AvgIpc) is 3.02. The van der Waals surface area contributed by atoms with Gasteiger partial charge in [-0.25, -0.2) is 0 Å². The van der Waals surface area contributed by atoms with Gasteiger partial charge in [-0.1, -0.05) is 65.2 Å². The predicted molar refractivity (Wildman–Crippen MR) is 94.3 cm³/mol. The number of para-hydroxylation sites is 1. The fourth-order valence-electron chi connectivity index (χ4n) is 3.92. The molecular weight excluding hydrogens is 270 g/mol. The van der Waals surface area contributed by atoms with Gasteiger partial charge in [0.2, 0.25) is 6.41 Å². The van der Waals surface area contributed by atoms with Crippen molar-refractivity contribution < 1.29 is 4.79 Å². The van der Waals surface area contributed by atoms with Gasteiger partial charge in [-0.2, -0.15) is 0 Å². The first-order valence-electron chi connectivity index (χ1n) is 8.82. The Bertz CT molecular complexity index is 488. The molecule has 0 radical (unpaired) electrons. The topological polar surface area (TPSA) is 20.3 Å². The zero-order valence-electron chi connectivity index (χ0n) is 14.6. The Labute approximate surface area is 135 Å². The van der Waals surface area contributed by atoms with Gasteiger partial charge < -0.3 is 4.90 Å². The smallest absolute Gasteiger partial charge is 0.214 e. The number of nitrogens with zero attached hydrogens (tertiary/aromatic N) is 1. The Hall–Kier alpha value is -1.31. The zero-order chi connectivity index (χ0) is 16.2. The Morgan fingerprint density at radius 2 is 1.91 bits per heavy atom. The highest BCUT2D eigenvalue weighted by molar-refractivity contribution is 5.78. The molecule has 122 valence electrons. The molecule has 22 heavy (non-hydrogen) atoms. The van der Waals surface area contributed by atoms with Crippen molar-refractivity contribution in [3.05, 3.63) is 29.8 Å². The summed E-state index contributed by atoms with van der Waals surface area (Å²) in [6, 6.07) is 8.89. The molecule has 0 saturated heterocycles. The quantitative estimate of drug-likeness (QED) is 0.625. The molecule has 0 spiro atoms. The molecule has 1 saturated carbocycles. The summed E-state index contributed by atoms with van der Waals surface area (Å²) in [4.78, 5) is 13.8. The SMILES string of the molecule is CCC(C)CC(C)(C)c1ccccc1N(C=O)C1CCCC1. The number of carbonyl (C=O) groups is 1. The van der Waals surface area contributed by atoms with Crippen LogP contribution in [0.15, 0.2) is 24.3 Å². The van der Waals surface area contributed by atoms with Crippen LogP contribution in [-0.2, 0) is 10.2 Å². The third kappa shape index (κ3) is 3.71. The van der Waals surface area contributed by atoms with E-state index in [0.717, 1.165) is 31.4 Å². The average molecular weight is 301 g/mol. The minimum absolute atomic E-state index is 0.0892. The van der Waals surface area contributed by atoms with E-state index in [2.05, 4.69) is 52.0 Å². The van der Waals surface area contributed by atoms with Crippen LogP contribution in [0.4, 0.5) is 5.69 Å². The summed E-state index contributed by atoms with van der Waals surface area (Å²) >= 11 is 0. The van der Waals surface area contributed by atoms with Gasteiger partial charge in [-0.05, 0) is 42.2 Å². The van der Waals surface area contributed by atoms with E-state index in [1.807, 2.05) is 4.90 Å². The maximum Gasteiger partial charge on any atom is 0.214 e. The molecule has 0 bridgehead atoms. The summed E-state index contributed by atoms with van der Waals surface area (Å²) in [5.41, 5.74) is 2.53. The second-order valence-electron chi connectivity index (χ2n) is 7.57. The summed E-state index contributed by atoms with van der Waals surface area (Å²) in [7, 11) is 0. The highest BCUT2D eigenvalue weighted by Crippen LogP contribution is 2.39. The van der Waals surface area contributed by atoms with E-state index in [1.165, 1.54) is 24.8 Å². The molecule has 0 aromatic heterocycles. The lowest BCUT2D eigenvalue weighted by atomic mass is 9.76. The molecule has 1 aromatic rings. The molecule has 1 amide bonds. The van der Waals surface area contributed by atoms with Crippen LogP contribution in [-0.4, -0.2) is 12.5 Å². The molecule has 0 heterocycles. The lowest BCUT2D eigenvalue weighted by Gasteiger charge is -2.34. The van der Waals surface area contributed by atoms with Crippen molar-refractivity contribution in [2.24, 2.45) is 5.92 Å². The van der Waals surface area contributed by atoms with Crippen molar-refractivity contribution in [2.45, 2.75) is 77.7 Å². The molecule has 1 aliphatic rings. The van der Waals surface area contributed by atoms with Gasteiger partial charge in [0.05, 0.1) is 0 Å². The van der Waals surface area contributed by atoms with Crippen LogP contribution >= 0.6 is 0 Å². The van der Waals surface area contributed by atoms with Crippen molar-refractivity contribution in [1.29, 1.82) is 0 Å². The largest absolute Gasteiger partial charge is 0.312 e. The zero-order valence-corrected chi connectivity index (χ0v) is 14.6. The summed E-state index contributed by atoms with van der Waals surface area (Å²) in [5, 5.41) is 0. The molecule has 0 N–H and O–H groups in total. The molecule has 1 aromatic carbocycles. The maximum atomic E-state index is 11.8. The van der Waals surface area contributed by atoms with E-state index < -0.39 is 0 Å². The van der Waals surface area contributed by atoms with Crippen molar-refractivity contribution >= 4 is 12.1 Å². The van der Waals surface area contributed by atoms with Crippen molar-refractivity contribution in [1.82, 2.24) is 0 Å². The van der Waals surface area contributed by atoms with E-state index in [4.69, 9.17) is 0 Å². The maximum absolute atomic E-state index is 11.8. The van der Waals surface area contributed by atoms with Crippen LogP contribution in [0.5, 0.6) is 0 Å². The highest BCUT2D eigenvalue weighted by Gasteiger charge is 2.30. The monoisotopic (exact) mass is 301 g/mol. The number of hydrogen-bond donors (Lipinski definition) is 0. The van der Waals surface area contributed by atoms with Gasteiger partial charge in [0, 0.05) is 11.7 Å². The molecule has 1 aliphatic carbocycles. The third-order valence-electron chi connectivity index (χ3n) is 5.30. The van der Waals surface area contributed by atoms with E-state index >= 15 is 0 Å². The van der Waals surface area contributed by atoms with Crippen molar-refractivity contribution in [3.63, 3.8) is 0 Å². The molecule has 2 rings (SSSR count). The molecule has 1 atom stereocenters. The van der Waals surface area contributed by atoms with E-state index in [1.54, 1.807) is 0 Å². The summed E-state index contributed by atoms with van der Waals surface area (Å²) < 4.78 is 0. The molecule has 1 fully saturated rings. The van der Waals surface area contributed by atoms with Gasteiger partial charge in [0.25, 0.3) is 0 Å². The second-order valence-corrected chi connectivity index (χ2v) is 7.57. The first-order valence-corrected chi connectivity index (χ1v) is 8.82. The Morgan fingerprint density at radius 3 is 2.50 bits per heavy atom. The minimum atomic E-state index is 0.0892. The first-order chi connectivity index (χ1) is 10.5.